The third-order valence-electron chi connectivity index (χ3n) is 6.64. The molecule has 1 N–H and O–H groups in total. The largest absolute Gasteiger partial charge is 0.354 e. The minimum atomic E-state index is -2.54. The number of hydrogen-bond donors (Lipinski definition) is 1. The summed E-state index contributed by atoms with van der Waals surface area (Å²) in [7, 11) is 4.05. The molecule has 0 bridgehead atoms. The fourth-order valence-electron chi connectivity index (χ4n) is 4.57. The van der Waals surface area contributed by atoms with E-state index in [0.717, 1.165) is 51.2 Å². The van der Waals surface area contributed by atoms with Crippen LogP contribution < -0.4 is 5.32 Å². The van der Waals surface area contributed by atoms with Crippen LogP contribution in [-0.4, -0.2) is 52.9 Å². The molecule has 0 radical (unpaired) electrons. The zero-order valence-electron chi connectivity index (χ0n) is 21.9. The second kappa shape index (κ2) is 11.3. The van der Waals surface area contributed by atoms with E-state index in [1.54, 1.807) is 6.20 Å². The van der Waals surface area contributed by atoms with Crippen molar-refractivity contribution < 1.29 is 8.78 Å². The standard InChI is InChI=1S/C30H35F2N5/c1-21-6-7-26(27-12-24(15-33-17-27)20-37-10-8-30(31,32)9-11-37)14-29(21)22(2)23(3)35-28-13-25(16-34-18-28)19-36(4)5/h6-7,12-18,35H,2-3,8-11,19-20H2,1,4-5H3. The lowest BCUT2D eigenvalue weighted by Crippen LogP contribution is -2.38. The highest BCUT2D eigenvalue weighted by Gasteiger charge is 2.33. The van der Waals surface area contributed by atoms with Crippen molar-refractivity contribution in [1.29, 1.82) is 0 Å². The molecular weight excluding hydrogens is 468 g/mol. The van der Waals surface area contributed by atoms with Crippen LogP contribution in [0, 0.1) is 6.92 Å². The van der Waals surface area contributed by atoms with Crippen molar-refractivity contribution in [2.45, 2.75) is 38.8 Å². The molecular formula is C30H35F2N5. The normalized spacial score (nSPS) is 15.5. The topological polar surface area (TPSA) is 44.3 Å². The van der Waals surface area contributed by atoms with Gasteiger partial charge in [0.2, 0.25) is 0 Å². The highest BCUT2D eigenvalue weighted by atomic mass is 19.3. The Kier molecular flexibility index (Phi) is 8.15. The van der Waals surface area contributed by atoms with Gasteiger partial charge in [0.1, 0.15) is 0 Å². The average Bonchev–Trinajstić information content (AvgIpc) is 2.85. The van der Waals surface area contributed by atoms with E-state index in [4.69, 9.17) is 0 Å². The summed E-state index contributed by atoms with van der Waals surface area (Å²) in [4.78, 5) is 12.9. The Morgan fingerprint density at radius 3 is 2.41 bits per heavy atom. The molecule has 0 spiro atoms. The van der Waals surface area contributed by atoms with Crippen LogP contribution >= 0.6 is 0 Å². The number of likely N-dealkylation sites (tertiary alicyclic amines) is 1. The van der Waals surface area contributed by atoms with E-state index >= 15 is 0 Å². The van der Waals surface area contributed by atoms with Crippen LogP contribution in [0.15, 0.2) is 74.0 Å². The third-order valence-corrected chi connectivity index (χ3v) is 6.64. The average molecular weight is 504 g/mol. The SMILES string of the molecule is C=C(Nc1cncc(CN(C)C)c1)C(=C)c1cc(-c2cncc(CN3CCC(F)(F)CC3)c2)ccc1C. The van der Waals surface area contributed by atoms with Crippen molar-refractivity contribution >= 4 is 11.3 Å². The van der Waals surface area contributed by atoms with Crippen molar-refractivity contribution in [3.63, 3.8) is 0 Å². The maximum absolute atomic E-state index is 13.5. The lowest BCUT2D eigenvalue weighted by atomic mass is 9.94. The van der Waals surface area contributed by atoms with Gasteiger partial charge in [0, 0.05) is 68.9 Å². The molecule has 7 heteroatoms. The van der Waals surface area contributed by atoms with Gasteiger partial charge in [-0.05, 0) is 72.6 Å². The molecule has 1 aliphatic heterocycles. The molecule has 3 heterocycles. The number of nitrogens with zero attached hydrogens (tertiary/aromatic N) is 4. The van der Waals surface area contributed by atoms with E-state index in [2.05, 4.69) is 75.5 Å². The fraction of sp³-hybridized carbons (Fsp3) is 0.333. The van der Waals surface area contributed by atoms with E-state index in [-0.39, 0.29) is 12.8 Å². The predicted octanol–water partition coefficient (Wildman–Crippen LogP) is 6.38. The molecule has 3 aromatic rings. The lowest BCUT2D eigenvalue weighted by molar-refractivity contribution is -0.0566. The molecule has 4 rings (SSSR count). The van der Waals surface area contributed by atoms with Crippen LogP contribution in [0.1, 0.15) is 35.1 Å². The molecule has 1 aliphatic rings. The van der Waals surface area contributed by atoms with Gasteiger partial charge in [0.05, 0.1) is 11.9 Å². The summed E-state index contributed by atoms with van der Waals surface area (Å²) in [5.41, 5.74) is 8.58. The number of allylic oxidation sites excluding steroid dienone is 1. The summed E-state index contributed by atoms with van der Waals surface area (Å²) in [5.74, 6) is -2.54. The number of anilines is 1. The first-order valence-corrected chi connectivity index (χ1v) is 12.5. The molecule has 1 fully saturated rings. The van der Waals surface area contributed by atoms with Crippen LogP contribution in [0.4, 0.5) is 14.5 Å². The first-order chi connectivity index (χ1) is 17.6. The summed E-state index contributed by atoms with van der Waals surface area (Å²) in [5, 5.41) is 3.35. The summed E-state index contributed by atoms with van der Waals surface area (Å²) < 4.78 is 27.0. The predicted molar refractivity (Wildman–Crippen MR) is 147 cm³/mol. The van der Waals surface area contributed by atoms with Gasteiger partial charge in [0.15, 0.2) is 0 Å². The van der Waals surface area contributed by atoms with Crippen molar-refractivity contribution in [3.8, 4) is 11.1 Å². The molecule has 1 saturated heterocycles. The summed E-state index contributed by atoms with van der Waals surface area (Å²) >= 11 is 0. The van der Waals surface area contributed by atoms with Gasteiger partial charge in [-0.3, -0.25) is 14.9 Å². The van der Waals surface area contributed by atoms with Gasteiger partial charge < -0.3 is 10.2 Å². The molecule has 0 amide bonds. The van der Waals surface area contributed by atoms with Crippen LogP contribution in [0.2, 0.25) is 0 Å². The Morgan fingerprint density at radius 1 is 0.973 bits per heavy atom. The third kappa shape index (κ3) is 7.08. The molecule has 194 valence electrons. The minimum Gasteiger partial charge on any atom is -0.354 e. The summed E-state index contributed by atoms with van der Waals surface area (Å²) in [6.45, 7) is 12.8. The van der Waals surface area contributed by atoms with Crippen molar-refractivity contribution in [2.75, 3.05) is 32.5 Å². The van der Waals surface area contributed by atoms with Crippen LogP contribution in [0.25, 0.3) is 16.7 Å². The van der Waals surface area contributed by atoms with E-state index in [1.807, 2.05) is 32.7 Å². The Balaban J connectivity index is 1.48. The highest BCUT2D eigenvalue weighted by Crippen LogP contribution is 2.31. The van der Waals surface area contributed by atoms with Gasteiger partial charge in [-0.15, -0.1) is 0 Å². The number of alkyl halides is 2. The van der Waals surface area contributed by atoms with Gasteiger partial charge in [-0.1, -0.05) is 25.3 Å². The molecule has 0 aliphatic carbocycles. The number of rotatable bonds is 9. The number of aromatic nitrogens is 2. The number of benzene rings is 1. The maximum Gasteiger partial charge on any atom is 0.250 e. The van der Waals surface area contributed by atoms with Gasteiger partial charge in [0.25, 0.3) is 5.92 Å². The van der Waals surface area contributed by atoms with Gasteiger partial charge in [-0.2, -0.15) is 0 Å². The summed E-state index contributed by atoms with van der Waals surface area (Å²) in [6, 6.07) is 10.4. The summed E-state index contributed by atoms with van der Waals surface area (Å²) in [6.07, 6.45) is 7.12. The fourth-order valence-corrected chi connectivity index (χ4v) is 4.57. The molecule has 5 nitrogen and oxygen atoms in total. The van der Waals surface area contributed by atoms with Crippen molar-refractivity contribution in [1.82, 2.24) is 19.8 Å². The second-order valence-corrected chi connectivity index (χ2v) is 10.1. The molecule has 0 saturated carbocycles. The van der Waals surface area contributed by atoms with E-state index in [0.29, 0.717) is 25.3 Å². The van der Waals surface area contributed by atoms with E-state index < -0.39 is 5.92 Å². The Hall–Kier alpha value is -3.42. The van der Waals surface area contributed by atoms with Crippen LogP contribution in [0.3, 0.4) is 0 Å². The molecule has 37 heavy (non-hydrogen) atoms. The van der Waals surface area contributed by atoms with Crippen molar-refractivity contribution in [3.05, 3.63) is 96.2 Å². The minimum absolute atomic E-state index is 0.0858. The Morgan fingerprint density at radius 2 is 1.68 bits per heavy atom. The lowest BCUT2D eigenvalue weighted by Gasteiger charge is -2.31. The highest BCUT2D eigenvalue weighted by molar-refractivity contribution is 5.84. The molecule has 2 aromatic heterocycles. The second-order valence-electron chi connectivity index (χ2n) is 10.1. The maximum atomic E-state index is 13.5. The number of aryl methyl sites for hydroxylation is 1. The smallest absolute Gasteiger partial charge is 0.250 e. The van der Waals surface area contributed by atoms with Crippen LogP contribution in [0.5, 0.6) is 0 Å². The van der Waals surface area contributed by atoms with Crippen molar-refractivity contribution in [2.24, 2.45) is 0 Å². The van der Waals surface area contributed by atoms with E-state index in [9.17, 15) is 8.78 Å². The molecule has 1 aromatic carbocycles. The molecule has 0 unspecified atom stereocenters. The Bertz CT molecular complexity index is 1270. The van der Waals surface area contributed by atoms with Gasteiger partial charge >= 0.3 is 0 Å². The first-order valence-electron chi connectivity index (χ1n) is 12.5. The van der Waals surface area contributed by atoms with Crippen LogP contribution in [-0.2, 0) is 13.1 Å². The Labute approximate surface area is 218 Å². The number of piperidine rings is 1. The van der Waals surface area contributed by atoms with E-state index in [1.165, 1.54) is 0 Å². The number of hydrogen-bond acceptors (Lipinski definition) is 5. The zero-order chi connectivity index (χ0) is 26.6. The monoisotopic (exact) mass is 503 g/mol. The van der Waals surface area contributed by atoms with Gasteiger partial charge in [-0.25, -0.2) is 8.78 Å². The number of pyridine rings is 2. The number of halogens is 2. The first kappa shape index (κ1) is 26.6. The molecule has 0 atom stereocenters. The quantitative estimate of drug-likeness (QED) is 0.343. The number of nitrogens with one attached hydrogen (secondary N) is 1. The zero-order valence-corrected chi connectivity index (χ0v) is 21.9.